The summed E-state index contributed by atoms with van der Waals surface area (Å²) >= 11 is 0. The Balaban J connectivity index is 2.67. The molecule has 1 N–H and O–H groups in total. The van der Waals surface area contributed by atoms with Gasteiger partial charge in [0, 0.05) is 0 Å². The highest BCUT2D eigenvalue weighted by Crippen LogP contribution is 2.31. The van der Waals surface area contributed by atoms with Gasteiger partial charge in [0.2, 0.25) is 0 Å². The molecule has 0 aromatic carbocycles. The predicted octanol–water partition coefficient (Wildman–Crippen LogP) is 1.63. The Kier molecular flexibility index (Phi) is 3.48. The van der Waals surface area contributed by atoms with E-state index < -0.39 is 11.9 Å². The number of hydrogen-bond acceptors (Lipinski definition) is 3. The van der Waals surface area contributed by atoms with Crippen LogP contribution in [0.15, 0.2) is 25.3 Å². The zero-order chi connectivity index (χ0) is 10.8. The van der Waals surface area contributed by atoms with Gasteiger partial charge in [0.15, 0.2) is 5.79 Å². The molecule has 1 rings (SSSR count). The largest absolute Gasteiger partial charge is 0.390 e. The lowest BCUT2D eigenvalue weighted by Gasteiger charge is -2.20. The van der Waals surface area contributed by atoms with Crippen LogP contribution in [0.1, 0.15) is 20.3 Å². The van der Waals surface area contributed by atoms with Crippen molar-refractivity contribution in [3.05, 3.63) is 25.3 Å². The van der Waals surface area contributed by atoms with Crippen molar-refractivity contribution in [3.8, 4) is 0 Å². The average molecular weight is 198 g/mol. The SMILES string of the molecule is C=CCC(O)[C@@H]1OC(C)(C)O[C@@H]1C=C. The van der Waals surface area contributed by atoms with Gasteiger partial charge in [-0.25, -0.2) is 0 Å². The van der Waals surface area contributed by atoms with Crippen LogP contribution in [0, 0.1) is 0 Å². The normalized spacial score (nSPS) is 32.5. The van der Waals surface area contributed by atoms with Crippen LogP contribution in [0.2, 0.25) is 0 Å². The molecule has 1 heterocycles. The van der Waals surface area contributed by atoms with Crippen LogP contribution < -0.4 is 0 Å². The van der Waals surface area contributed by atoms with E-state index in [0.717, 1.165) is 0 Å². The van der Waals surface area contributed by atoms with E-state index >= 15 is 0 Å². The van der Waals surface area contributed by atoms with Crippen molar-refractivity contribution in [3.63, 3.8) is 0 Å². The van der Waals surface area contributed by atoms with Gasteiger partial charge >= 0.3 is 0 Å². The van der Waals surface area contributed by atoms with Gasteiger partial charge in [-0.1, -0.05) is 12.2 Å². The second kappa shape index (κ2) is 4.26. The molecule has 0 aromatic heterocycles. The van der Waals surface area contributed by atoms with E-state index in [-0.39, 0.29) is 12.2 Å². The highest BCUT2D eigenvalue weighted by molar-refractivity contribution is 4.97. The maximum absolute atomic E-state index is 9.76. The molecule has 14 heavy (non-hydrogen) atoms. The predicted molar refractivity (Wildman–Crippen MR) is 54.8 cm³/mol. The van der Waals surface area contributed by atoms with Gasteiger partial charge in [-0.15, -0.1) is 13.2 Å². The van der Waals surface area contributed by atoms with E-state index in [9.17, 15) is 5.11 Å². The Morgan fingerprint density at radius 2 is 2.07 bits per heavy atom. The van der Waals surface area contributed by atoms with Gasteiger partial charge in [-0.2, -0.15) is 0 Å². The molecule has 0 aliphatic carbocycles. The number of ether oxygens (including phenoxy) is 2. The molecule has 0 aromatic rings. The van der Waals surface area contributed by atoms with Crippen LogP contribution in [-0.2, 0) is 9.47 Å². The molecule has 1 unspecified atom stereocenters. The van der Waals surface area contributed by atoms with Crippen molar-refractivity contribution in [1.82, 2.24) is 0 Å². The zero-order valence-corrected chi connectivity index (χ0v) is 8.77. The summed E-state index contributed by atoms with van der Waals surface area (Å²) in [6.45, 7) is 10.9. The molecule has 3 atom stereocenters. The molecule has 3 nitrogen and oxygen atoms in total. The molecule has 0 saturated carbocycles. The van der Waals surface area contributed by atoms with E-state index in [4.69, 9.17) is 9.47 Å². The summed E-state index contributed by atoms with van der Waals surface area (Å²) in [6, 6.07) is 0. The number of rotatable bonds is 4. The van der Waals surface area contributed by atoms with Crippen LogP contribution in [0.3, 0.4) is 0 Å². The zero-order valence-electron chi connectivity index (χ0n) is 8.77. The molecule has 1 aliphatic heterocycles. The lowest BCUT2D eigenvalue weighted by Crippen LogP contribution is -2.34. The summed E-state index contributed by atoms with van der Waals surface area (Å²) in [6.07, 6.45) is 2.64. The second-order valence-electron chi connectivity index (χ2n) is 3.89. The second-order valence-corrected chi connectivity index (χ2v) is 3.89. The average Bonchev–Trinajstić information content (AvgIpc) is 2.41. The first-order chi connectivity index (χ1) is 6.50. The molecule has 0 spiro atoms. The maximum Gasteiger partial charge on any atom is 0.164 e. The minimum absolute atomic E-state index is 0.250. The third-order valence-electron chi connectivity index (χ3n) is 2.18. The van der Waals surface area contributed by atoms with Crippen molar-refractivity contribution in [2.24, 2.45) is 0 Å². The molecule has 3 heteroatoms. The van der Waals surface area contributed by atoms with E-state index in [1.54, 1.807) is 12.2 Å². The van der Waals surface area contributed by atoms with Gasteiger partial charge < -0.3 is 14.6 Å². The van der Waals surface area contributed by atoms with Crippen molar-refractivity contribution < 1.29 is 14.6 Å². The van der Waals surface area contributed by atoms with Crippen LogP contribution >= 0.6 is 0 Å². The monoisotopic (exact) mass is 198 g/mol. The number of aliphatic hydroxyl groups excluding tert-OH is 1. The van der Waals surface area contributed by atoms with E-state index in [0.29, 0.717) is 6.42 Å². The third-order valence-corrected chi connectivity index (χ3v) is 2.18. The molecular weight excluding hydrogens is 180 g/mol. The fraction of sp³-hybridized carbons (Fsp3) is 0.636. The minimum Gasteiger partial charge on any atom is -0.390 e. The van der Waals surface area contributed by atoms with Gasteiger partial charge in [0.05, 0.1) is 6.10 Å². The summed E-state index contributed by atoms with van der Waals surface area (Å²) in [5, 5.41) is 9.76. The van der Waals surface area contributed by atoms with Crippen LogP contribution in [-0.4, -0.2) is 29.2 Å². The summed E-state index contributed by atoms with van der Waals surface area (Å²) in [7, 11) is 0. The van der Waals surface area contributed by atoms with Gasteiger partial charge in [0.25, 0.3) is 0 Å². The lowest BCUT2D eigenvalue weighted by atomic mass is 10.1. The molecule has 80 valence electrons. The summed E-state index contributed by atoms with van der Waals surface area (Å²) in [5.74, 6) is -0.647. The van der Waals surface area contributed by atoms with Crippen molar-refractivity contribution in [2.45, 2.75) is 44.4 Å². The molecule has 1 aliphatic rings. The summed E-state index contributed by atoms with van der Waals surface area (Å²) in [5.41, 5.74) is 0. The van der Waals surface area contributed by atoms with Gasteiger partial charge in [-0.05, 0) is 20.3 Å². The van der Waals surface area contributed by atoms with Crippen LogP contribution in [0.25, 0.3) is 0 Å². The highest BCUT2D eigenvalue weighted by atomic mass is 16.8. The first-order valence-electron chi connectivity index (χ1n) is 4.77. The Labute approximate surface area is 85.0 Å². The van der Waals surface area contributed by atoms with Crippen LogP contribution in [0.5, 0.6) is 0 Å². The topological polar surface area (TPSA) is 38.7 Å². The Morgan fingerprint density at radius 3 is 2.57 bits per heavy atom. The van der Waals surface area contributed by atoms with Crippen molar-refractivity contribution >= 4 is 0 Å². The fourth-order valence-corrected chi connectivity index (χ4v) is 1.60. The molecule has 0 amide bonds. The molecule has 1 saturated heterocycles. The van der Waals surface area contributed by atoms with Gasteiger partial charge in [0.1, 0.15) is 12.2 Å². The third kappa shape index (κ3) is 2.44. The van der Waals surface area contributed by atoms with Crippen molar-refractivity contribution in [2.75, 3.05) is 0 Å². The van der Waals surface area contributed by atoms with Crippen LogP contribution in [0.4, 0.5) is 0 Å². The lowest BCUT2D eigenvalue weighted by molar-refractivity contribution is -0.153. The first-order valence-corrected chi connectivity index (χ1v) is 4.77. The van der Waals surface area contributed by atoms with Gasteiger partial charge in [-0.3, -0.25) is 0 Å². The van der Waals surface area contributed by atoms with E-state index in [1.807, 2.05) is 13.8 Å². The van der Waals surface area contributed by atoms with Crippen molar-refractivity contribution in [1.29, 1.82) is 0 Å². The van der Waals surface area contributed by atoms with E-state index in [2.05, 4.69) is 13.2 Å². The smallest absolute Gasteiger partial charge is 0.164 e. The number of aliphatic hydroxyl groups is 1. The first kappa shape index (κ1) is 11.4. The summed E-state index contributed by atoms with van der Waals surface area (Å²) in [4.78, 5) is 0. The highest BCUT2D eigenvalue weighted by Gasteiger charge is 2.42. The summed E-state index contributed by atoms with van der Waals surface area (Å²) < 4.78 is 11.1. The molecule has 0 bridgehead atoms. The molecular formula is C11H18O3. The fourth-order valence-electron chi connectivity index (χ4n) is 1.60. The Bertz CT molecular complexity index is 223. The molecule has 1 fully saturated rings. The Hall–Kier alpha value is -0.640. The van der Waals surface area contributed by atoms with E-state index in [1.165, 1.54) is 0 Å². The Morgan fingerprint density at radius 1 is 1.43 bits per heavy atom. The standard InChI is InChI=1S/C11H18O3/c1-5-7-8(12)10-9(6-2)13-11(3,4)14-10/h5-6,8-10,12H,1-2,7H2,3-4H3/t8?,9-,10+/m1/s1. The minimum atomic E-state index is -0.647. The number of hydrogen-bond donors (Lipinski definition) is 1. The molecule has 0 radical (unpaired) electrons. The quantitative estimate of drug-likeness (QED) is 0.698. The maximum atomic E-state index is 9.76.